The maximum Gasteiger partial charge on any atom is 0.416 e. The van der Waals surface area contributed by atoms with Gasteiger partial charge in [-0.3, -0.25) is 4.98 Å². The number of aryl methyl sites for hydroxylation is 1. The van der Waals surface area contributed by atoms with E-state index in [9.17, 15) is 13.2 Å². The minimum absolute atomic E-state index is 0.600. The van der Waals surface area contributed by atoms with Crippen molar-refractivity contribution in [3.05, 3.63) is 78.2 Å². The average molecular weight is 394 g/mol. The predicted octanol–water partition coefficient (Wildman–Crippen LogP) is 5.79. The van der Waals surface area contributed by atoms with Crippen molar-refractivity contribution < 1.29 is 13.2 Å². The quantitative estimate of drug-likeness (QED) is 0.441. The molecular weight excluding hydrogens is 377 g/mol. The highest BCUT2D eigenvalue weighted by atomic mass is 19.4. The summed E-state index contributed by atoms with van der Waals surface area (Å²) in [5.74, 6) is 0.610. The average Bonchev–Trinajstić information content (AvgIpc) is 2.72. The molecule has 2 aromatic heterocycles. The fourth-order valence-electron chi connectivity index (χ4n) is 3.24. The van der Waals surface area contributed by atoms with E-state index < -0.39 is 11.7 Å². The number of benzene rings is 2. The lowest BCUT2D eigenvalue weighted by molar-refractivity contribution is -0.137. The zero-order valence-electron chi connectivity index (χ0n) is 15.8. The highest BCUT2D eigenvalue weighted by Gasteiger charge is 2.30. The fraction of sp³-hybridized carbons (Fsp3) is 0.136. The molecule has 0 unspecified atom stereocenters. The second kappa shape index (κ2) is 7.16. The summed E-state index contributed by atoms with van der Waals surface area (Å²) < 4.78 is 38.5. The molecule has 4 nitrogen and oxygen atoms in total. The van der Waals surface area contributed by atoms with Gasteiger partial charge in [0, 0.05) is 29.9 Å². The van der Waals surface area contributed by atoms with Crippen molar-refractivity contribution in [1.29, 1.82) is 0 Å². The van der Waals surface area contributed by atoms with Gasteiger partial charge >= 0.3 is 6.18 Å². The molecule has 4 aromatic rings. The van der Waals surface area contributed by atoms with E-state index in [2.05, 4.69) is 15.0 Å². The van der Waals surface area contributed by atoms with E-state index in [1.165, 1.54) is 18.5 Å². The van der Waals surface area contributed by atoms with Crippen molar-refractivity contribution in [3.63, 3.8) is 0 Å². The van der Waals surface area contributed by atoms with Crippen LogP contribution in [0.15, 0.2) is 67.1 Å². The van der Waals surface area contributed by atoms with E-state index in [1.807, 2.05) is 37.3 Å². The molecule has 0 saturated carbocycles. The van der Waals surface area contributed by atoms with Crippen molar-refractivity contribution in [2.75, 3.05) is 11.9 Å². The summed E-state index contributed by atoms with van der Waals surface area (Å²) in [7, 11) is 1.77. The summed E-state index contributed by atoms with van der Waals surface area (Å²) in [6.45, 7) is 2.00. The molecule has 0 aliphatic carbocycles. The molecule has 0 bridgehead atoms. The Morgan fingerprint density at radius 1 is 0.897 bits per heavy atom. The molecule has 2 aromatic carbocycles. The third-order valence-corrected chi connectivity index (χ3v) is 4.80. The SMILES string of the molecule is Cc1cccnc1-c1ccc2c(N(C)c3ccc(C(F)(F)F)cc3)ncnc2c1. The Kier molecular flexibility index (Phi) is 4.66. The zero-order valence-corrected chi connectivity index (χ0v) is 15.8. The second-order valence-electron chi connectivity index (χ2n) is 6.70. The van der Waals surface area contributed by atoms with Crippen LogP contribution in [0.3, 0.4) is 0 Å². The topological polar surface area (TPSA) is 41.9 Å². The summed E-state index contributed by atoms with van der Waals surface area (Å²) >= 11 is 0. The van der Waals surface area contributed by atoms with Crippen molar-refractivity contribution >= 4 is 22.4 Å². The van der Waals surface area contributed by atoms with Gasteiger partial charge in [-0.1, -0.05) is 12.1 Å². The molecule has 0 atom stereocenters. The Bertz CT molecular complexity index is 1170. The first kappa shape index (κ1) is 18.9. The number of pyridine rings is 1. The molecule has 29 heavy (non-hydrogen) atoms. The molecule has 0 aliphatic heterocycles. The van der Waals surface area contributed by atoms with Gasteiger partial charge in [-0.2, -0.15) is 13.2 Å². The summed E-state index contributed by atoms with van der Waals surface area (Å²) in [4.78, 5) is 14.9. The molecule has 0 N–H and O–H groups in total. The van der Waals surface area contributed by atoms with E-state index >= 15 is 0 Å². The normalized spacial score (nSPS) is 11.6. The number of hydrogen-bond donors (Lipinski definition) is 0. The number of halogens is 3. The molecular formula is C22H17F3N4. The van der Waals surface area contributed by atoms with E-state index in [0.29, 0.717) is 11.5 Å². The van der Waals surface area contributed by atoms with Gasteiger partial charge in [-0.15, -0.1) is 0 Å². The Labute approximate surface area is 165 Å². The maximum atomic E-state index is 12.8. The molecule has 0 spiro atoms. The summed E-state index contributed by atoms with van der Waals surface area (Å²) in [6.07, 6.45) is -1.16. The Morgan fingerprint density at radius 3 is 2.34 bits per heavy atom. The van der Waals surface area contributed by atoms with Gasteiger partial charge in [0.1, 0.15) is 12.1 Å². The van der Waals surface area contributed by atoms with Crippen LogP contribution < -0.4 is 4.90 Å². The lowest BCUT2D eigenvalue weighted by atomic mass is 10.0. The van der Waals surface area contributed by atoms with Crippen molar-refractivity contribution in [2.45, 2.75) is 13.1 Å². The molecule has 0 aliphatic rings. The number of fused-ring (bicyclic) bond motifs is 1. The van der Waals surface area contributed by atoms with E-state index in [1.54, 1.807) is 18.1 Å². The monoisotopic (exact) mass is 394 g/mol. The van der Waals surface area contributed by atoms with Gasteiger partial charge in [0.2, 0.25) is 0 Å². The van der Waals surface area contributed by atoms with Crippen molar-refractivity contribution in [3.8, 4) is 11.3 Å². The van der Waals surface area contributed by atoms with Gasteiger partial charge < -0.3 is 4.90 Å². The molecule has 0 saturated heterocycles. The first-order valence-electron chi connectivity index (χ1n) is 8.92. The van der Waals surface area contributed by atoms with Crippen LogP contribution in [0.25, 0.3) is 22.2 Å². The van der Waals surface area contributed by atoms with Gasteiger partial charge in [-0.05, 0) is 55.0 Å². The van der Waals surface area contributed by atoms with Crippen LogP contribution in [0.5, 0.6) is 0 Å². The highest BCUT2D eigenvalue weighted by Crippen LogP contribution is 2.34. The van der Waals surface area contributed by atoms with Crippen LogP contribution in [0, 0.1) is 6.92 Å². The van der Waals surface area contributed by atoms with Crippen LogP contribution >= 0.6 is 0 Å². The first-order valence-corrected chi connectivity index (χ1v) is 8.92. The molecule has 146 valence electrons. The smallest absolute Gasteiger partial charge is 0.329 e. The Hall–Kier alpha value is -3.48. The molecule has 0 fully saturated rings. The second-order valence-corrected chi connectivity index (χ2v) is 6.70. The predicted molar refractivity (Wildman–Crippen MR) is 107 cm³/mol. The maximum absolute atomic E-state index is 12.8. The number of nitrogens with zero attached hydrogens (tertiary/aromatic N) is 4. The minimum Gasteiger partial charge on any atom is -0.329 e. The van der Waals surface area contributed by atoms with Crippen LogP contribution in [-0.4, -0.2) is 22.0 Å². The third-order valence-electron chi connectivity index (χ3n) is 4.80. The number of rotatable bonds is 3. The van der Waals surface area contributed by atoms with Crippen LogP contribution in [0.1, 0.15) is 11.1 Å². The van der Waals surface area contributed by atoms with E-state index in [4.69, 9.17) is 0 Å². The summed E-state index contributed by atoms with van der Waals surface area (Å²) in [6, 6.07) is 14.7. The number of alkyl halides is 3. The zero-order chi connectivity index (χ0) is 20.6. The van der Waals surface area contributed by atoms with E-state index in [-0.39, 0.29) is 0 Å². The van der Waals surface area contributed by atoms with E-state index in [0.717, 1.165) is 39.9 Å². The molecule has 2 heterocycles. The van der Waals surface area contributed by atoms with Gasteiger partial charge in [0.25, 0.3) is 0 Å². The highest BCUT2D eigenvalue weighted by molar-refractivity contribution is 5.93. The molecule has 7 heteroatoms. The summed E-state index contributed by atoms with van der Waals surface area (Å²) in [5.41, 5.74) is 3.53. The summed E-state index contributed by atoms with van der Waals surface area (Å²) in [5, 5.41) is 0.798. The van der Waals surface area contributed by atoms with Crippen LogP contribution in [0.2, 0.25) is 0 Å². The third kappa shape index (κ3) is 3.63. The minimum atomic E-state index is -4.36. The van der Waals surface area contributed by atoms with Gasteiger partial charge in [-0.25, -0.2) is 9.97 Å². The lowest BCUT2D eigenvalue weighted by Gasteiger charge is -2.20. The number of aromatic nitrogens is 3. The standard InChI is InChI=1S/C22H17F3N4/c1-14-4-3-11-26-20(14)15-5-10-18-19(12-15)27-13-28-21(18)29(2)17-8-6-16(7-9-17)22(23,24)25/h3-13H,1-2H3. The van der Waals surface area contributed by atoms with Gasteiger partial charge in [0.15, 0.2) is 0 Å². The van der Waals surface area contributed by atoms with Gasteiger partial charge in [0.05, 0.1) is 16.8 Å². The first-order chi connectivity index (χ1) is 13.8. The largest absolute Gasteiger partial charge is 0.416 e. The fourth-order valence-corrected chi connectivity index (χ4v) is 3.24. The molecule has 0 radical (unpaired) electrons. The van der Waals surface area contributed by atoms with Crippen molar-refractivity contribution in [1.82, 2.24) is 15.0 Å². The Morgan fingerprint density at radius 2 is 1.66 bits per heavy atom. The van der Waals surface area contributed by atoms with Crippen molar-refractivity contribution in [2.24, 2.45) is 0 Å². The number of anilines is 2. The van der Waals surface area contributed by atoms with Crippen LogP contribution in [0.4, 0.5) is 24.7 Å². The molecule has 4 rings (SSSR count). The number of hydrogen-bond acceptors (Lipinski definition) is 4. The van der Waals surface area contributed by atoms with Crippen LogP contribution in [-0.2, 0) is 6.18 Å². The lowest BCUT2D eigenvalue weighted by Crippen LogP contribution is -2.13. The Balaban J connectivity index is 1.74. The molecule has 0 amide bonds.